The first kappa shape index (κ1) is 22.2. The van der Waals surface area contributed by atoms with E-state index >= 15 is 0 Å². The Morgan fingerprint density at radius 3 is 2.19 bits per heavy atom. The van der Waals surface area contributed by atoms with E-state index in [1.807, 2.05) is 49.1 Å². The standard InChI is InChI=1S/C22H29N7O2S/c1-15-6-8-19(9-7-15)24-20-14-16(2)23-22(25-20)28-10-12-29(13-11-28)32(30,31)21-17(3)26-27(5)18(21)4/h6-9,14H,10-13H2,1-5H3,(H,23,24,25). The molecule has 3 aromatic rings. The molecule has 3 heterocycles. The van der Waals surface area contributed by atoms with Crippen LogP contribution >= 0.6 is 0 Å². The number of rotatable bonds is 5. The van der Waals surface area contributed by atoms with Gasteiger partial charge in [-0.25, -0.2) is 13.4 Å². The first-order valence-electron chi connectivity index (χ1n) is 10.6. The molecule has 0 atom stereocenters. The Kier molecular flexibility index (Phi) is 5.91. The molecule has 0 bridgehead atoms. The second-order valence-corrected chi connectivity index (χ2v) is 10.1. The number of benzene rings is 1. The lowest BCUT2D eigenvalue weighted by Gasteiger charge is -2.34. The van der Waals surface area contributed by atoms with E-state index < -0.39 is 10.0 Å². The normalized spacial score (nSPS) is 15.2. The summed E-state index contributed by atoms with van der Waals surface area (Å²) >= 11 is 0. The second-order valence-electron chi connectivity index (χ2n) is 8.20. The average Bonchev–Trinajstić information content (AvgIpc) is 3.01. The fourth-order valence-electron chi connectivity index (χ4n) is 3.93. The van der Waals surface area contributed by atoms with Gasteiger partial charge in [0, 0.05) is 50.7 Å². The van der Waals surface area contributed by atoms with E-state index in [-0.39, 0.29) is 0 Å². The highest BCUT2D eigenvalue weighted by atomic mass is 32.2. The van der Waals surface area contributed by atoms with Gasteiger partial charge < -0.3 is 10.2 Å². The van der Waals surface area contributed by atoms with Crippen molar-refractivity contribution in [2.45, 2.75) is 32.6 Å². The van der Waals surface area contributed by atoms with Gasteiger partial charge in [-0.05, 0) is 39.8 Å². The Labute approximate surface area is 189 Å². The summed E-state index contributed by atoms with van der Waals surface area (Å²) in [6.45, 7) is 9.28. The Morgan fingerprint density at radius 2 is 1.59 bits per heavy atom. The summed E-state index contributed by atoms with van der Waals surface area (Å²) in [5.74, 6) is 1.32. The van der Waals surface area contributed by atoms with E-state index in [4.69, 9.17) is 0 Å². The van der Waals surface area contributed by atoms with Crippen molar-refractivity contribution >= 4 is 27.5 Å². The third-order valence-corrected chi connectivity index (χ3v) is 7.88. The average molecular weight is 456 g/mol. The lowest BCUT2D eigenvalue weighted by atomic mass is 10.2. The number of piperazine rings is 1. The molecule has 1 saturated heterocycles. The third-order valence-electron chi connectivity index (χ3n) is 5.73. The molecular weight excluding hydrogens is 426 g/mol. The first-order chi connectivity index (χ1) is 15.1. The molecule has 4 rings (SSSR count). The second kappa shape index (κ2) is 8.51. The SMILES string of the molecule is Cc1ccc(Nc2cc(C)nc(N3CCN(S(=O)(=O)c4c(C)nn(C)c4C)CC3)n2)cc1. The van der Waals surface area contributed by atoms with Crippen LogP contribution in [-0.2, 0) is 17.1 Å². The highest BCUT2D eigenvalue weighted by molar-refractivity contribution is 7.89. The molecule has 1 aliphatic heterocycles. The van der Waals surface area contributed by atoms with Crippen molar-refractivity contribution in [3.05, 3.63) is 53.0 Å². The summed E-state index contributed by atoms with van der Waals surface area (Å²) in [6, 6.07) is 10.0. The molecule has 0 unspecified atom stereocenters. The molecule has 2 aromatic heterocycles. The van der Waals surface area contributed by atoms with Crippen LogP contribution < -0.4 is 10.2 Å². The van der Waals surface area contributed by atoms with Crippen LogP contribution in [0.5, 0.6) is 0 Å². The van der Waals surface area contributed by atoms with Gasteiger partial charge >= 0.3 is 0 Å². The van der Waals surface area contributed by atoms with Crippen molar-refractivity contribution in [3.63, 3.8) is 0 Å². The zero-order valence-corrected chi connectivity index (χ0v) is 19.9. The van der Waals surface area contributed by atoms with Crippen LogP contribution in [-0.4, -0.2) is 58.7 Å². The van der Waals surface area contributed by atoms with Gasteiger partial charge in [-0.2, -0.15) is 14.4 Å². The molecule has 0 saturated carbocycles. The molecule has 1 aliphatic rings. The molecule has 9 nitrogen and oxygen atoms in total. The minimum atomic E-state index is -3.60. The molecule has 1 N–H and O–H groups in total. The Bertz CT molecular complexity index is 1230. The molecule has 1 aromatic carbocycles. The Balaban J connectivity index is 1.49. The summed E-state index contributed by atoms with van der Waals surface area (Å²) < 4.78 is 29.6. The number of hydrogen-bond donors (Lipinski definition) is 1. The minimum absolute atomic E-state index is 0.310. The van der Waals surface area contributed by atoms with Gasteiger partial charge in [0.25, 0.3) is 0 Å². The predicted molar refractivity (Wildman–Crippen MR) is 125 cm³/mol. The number of aryl methyl sites for hydroxylation is 4. The lowest BCUT2D eigenvalue weighted by Crippen LogP contribution is -2.49. The van der Waals surface area contributed by atoms with Crippen molar-refractivity contribution in [1.82, 2.24) is 24.1 Å². The fourth-order valence-corrected chi connectivity index (χ4v) is 5.75. The molecule has 0 amide bonds. The van der Waals surface area contributed by atoms with Crippen LogP contribution in [0.15, 0.2) is 35.2 Å². The van der Waals surface area contributed by atoms with Crippen molar-refractivity contribution < 1.29 is 8.42 Å². The van der Waals surface area contributed by atoms with Gasteiger partial charge in [0.2, 0.25) is 16.0 Å². The van der Waals surface area contributed by atoms with Gasteiger partial charge in [-0.3, -0.25) is 4.68 Å². The van der Waals surface area contributed by atoms with E-state index in [2.05, 4.69) is 20.4 Å². The molecule has 170 valence electrons. The van der Waals surface area contributed by atoms with Crippen molar-refractivity contribution in [1.29, 1.82) is 0 Å². The predicted octanol–water partition coefficient (Wildman–Crippen LogP) is 2.70. The number of nitrogens with zero attached hydrogens (tertiary/aromatic N) is 6. The van der Waals surface area contributed by atoms with Crippen molar-refractivity contribution in [2.75, 3.05) is 36.4 Å². The number of nitrogens with one attached hydrogen (secondary N) is 1. The fraction of sp³-hybridized carbons (Fsp3) is 0.409. The van der Waals surface area contributed by atoms with Crippen molar-refractivity contribution in [3.8, 4) is 0 Å². The maximum absolute atomic E-state index is 13.2. The van der Waals surface area contributed by atoms with Crippen molar-refractivity contribution in [2.24, 2.45) is 7.05 Å². The van der Waals surface area contributed by atoms with Gasteiger partial charge in [0.1, 0.15) is 10.7 Å². The molecule has 1 fully saturated rings. The van der Waals surface area contributed by atoms with Gasteiger partial charge in [-0.1, -0.05) is 17.7 Å². The number of anilines is 3. The smallest absolute Gasteiger partial charge is 0.246 e. The number of sulfonamides is 1. The summed E-state index contributed by atoms with van der Waals surface area (Å²) in [4.78, 5) is 11.6. The minimum Gasteiger partial charge on any atom is -0.340 e. The van der Waals surface area contributed by atoms with Crippen LogP contribution in [0.1, 0.15) is 22.6 Å². The van der Waals surface area contributed by atoms with Crippen LogP contribution in [0.3, 0.4) is 0 Å². The number of hydrogen-bond acceptors (Lipinski definition) is 7. The first-order valence-corrected chi connectivity index (χ1v) is 12.0. The topological polar surface area (TPSA) is 96.3 Å². The Hall–Kier alpha value is -2.98. The summed E-state index contributed by atoms with van der Waals surface area (Å²) in [6.07, 6.45) is 0. The molecule has 10 heteroatoms. The molecule has 32 heavy (non-hydrogen) atoms. The zero-order chi connectivity index (χ0) is 23.0. The van der Waals surface area contributed by atoms with E-state index in [1.54, 1.807) is 25.6 Å². The van der Waals surface area contributed by atoms with Crippen LogP contribution in [0, 0.1) is 27.7 Å². The number of aromatic nitrogens is 4. The summed E-state index contributed by atoms with van der Waals surface area (Å²) in [7, 11) is -1.84. The molecule has 0 spiro atoms. The zero-order valence-electron chi connectivity index (χ0n) is 19.1. The molecular formula is C22H29N7O2S. The maximum Gasteiger partial charge on any atom is 0.246 e. The summed E-state index contributed by atoms with van der Waals surface area (Å²) in [5.41, 5.74) is 4.18. The quantitative estimate of drug-likeness (QED) is 0.632. The molecule has 0 radical (unpaired) electrons. The Morgan fingerprint density at radius 1 is 0.938 bits per heavy atom. The van der Waals surface area contributed by atoms with Gasteiger partial charge in [-0.15, -0.1) is 0 Å². The highest BCUT2D eigenvalue weighted by Crippen LogP contribution is 2.25. The highest BCUT2D eigenvalue weighted by Gasteiger charge is 2.33. The van der Waals surface area contributed by atoms with Gasteiger partial charge in [0.15, 0.2) is 0 Å². The molecule has 0 aliphatic carbocycles. The van der Waals surface area contributed by atoms with Crippen LogP contribution in [0.4, 0.5) is 17.5 Å². The monoisotopic (exact) mass is 455 g/mol. The van der Waals surface area contributed by atoms with E-state index in [0.717, 1.165) is 11.4 Å². The summed E-state index contributed by atoms with van der Waals surface area (Å²) in [5, 5.41) is 7.59. The third kappa shape index (κ3) is 4.33. The maximum atomic E-state index is 13.2. The van der Waals surface area contributed by atoms with Crippen LogP contribution in [0.2, 0.25) is 0 Å². The van der Waals surface area contributed by atoms with Gasteiger partial charge in [0.05, 0.1) is 11.4 Å². The lowest BCUT2D eigenvalue weighted by molar-refractivity contribution is 0.382. The van der Waals surface area contributed by atoms with Crippen LogP contribution in [0.25, 0.3) is 0 Å². The van der Waals surface area contributed by atoms with E-state index in [9.17, 15) is 8.42 Å². The van der Waals surface area contributed by atoms with E-state index in [0.29, 0.717) is 54.2 Å². The largest absolute Gasteiger partial charge is 0.340 e. The van der Waals surface area contributed by atoms with E-state index in [1.165, 1.54) is 9.87 Å².